The molecule has 0 heterocycles. The summed E-state index contributed by atoms with van der Waals surface area (Å²) in [6, 6.07) is 0. The summed E-state index contributed by atoms with van der Waals surface area (Å²) in [5.41, 5.74) is 0. The lowest BCUT2D eigenvalue weighted by molar-refractivity contribution is -0.141. The average molecular weight is 278 g/mol. The molecule has 0 amide bonds. The topological polar surface area (TPSA) is 61.8 Å². The average Bonchev–Trinajstić information content (AvgIpc) is 2.33. The summed E-state index contributed by atoms with van der Waals surface area (Å²) >= 11 is 0. The minimum Gasteiger partial charge on any atom is -0.459 e. The van der Waals surface area contributed by atoms with E-state index in [9.17, 15) is 9.36 Å². The quantitative estimate of drug-likeness (QED) is 0.349. The molecule has 0 radical (unpaired) electrons. The molecule has 1 atom stereocenters. The van der Waals surface area contributed by atoms with Crippen molar-refractivity contribution in [1.82, 2.24) is 0 Å². The molecule has 106 valence electrons. The van der Waals surface area contributed by atoms with E-state index in [1.807, 2.05) is 13.8 Å². The van der Waals surface area contributed by atoms with Gasteiger partial charge in [0.1, 0.15) is 6.10 Å². The standard InChI is InChI=1S/C12H23O5P/c1-5-8-15-18(14,16-9-6-2)10-11(4)17-12(13)7-3/h7,11H,3,5-6,8-10H2,1-2,4H3. The van der Waals surface area contributed by atoms with E-state index in [-0.39, 0.29) is 6.16 Å². The van der Waals surface area contributed by atoms with E-state index in [1.54, 1.807) is 6.92 Å². The lowest BCUT2D eigenvalue weighted by Gasteiger charge is -2.21. The summed E-state index contributed by atoms with van der Waals surface area (Å²) in [6.07, 6.45) is 2.10. The van der Waals surface area contributed by atoms with Crippen LogP contribution in [0.1, 0.15) is 33.6 Å². The number of rotatable bonds is 10. The van der Waals surface area contributed by atoms with Gasteiger partial charge in [0.25, 0.3) is 0 Å². The highest BCUT2D eigenvalue weighted by Gasteiger charge is 2.28. The zero-order valence-electron chi connectivity index (χ0n) is 11.4. The highest BCUT2D eigenvalue weighted by atomic mass is 31.2. The van der Waals surface area contributed by atoms with Gasteiger partial charge >= 0.3 is 13.6 Å². The maximum absolute atomic E-state index is 12.3. The summed E-state index contributed by atoms with van der Waals surface area (Å²) in [5, 5.41) is 0. The van der Waals surface area contributed by atoms with Crippen LogP contribution in [-0.4, -0.2) is 31.4 Å². The van der Waals surface area contributed by atoms with Gasteiger partial charge in [-0.3, -0.25) is 4.57 Å². The van der Waals surface area contributed by atoms with E-state index in [0.717, 1.165) is 18.9 Å². The van der Waals surface area contributed by atoms with Crippen molar-refractivity contribution in [3.05, 3.63) is 12.7 Å². The molecule has 0 aliphatic rings. The number of carbonyl (C=O) groups excluding carboxylic acids is 1. The van der Waals surface area contributed by atoms with Crippen molar-refractivity contribution in [2.24, 2.45) is 0 Å². The van der Waals surface area contributed by atoms with Gasteiger partial charge in [0.2, 0.25) is 0 Å². The van der Waals surface area contributed by atoms with Crippen molar-refractivity contribution in [2.75, 3.05) is 19.4 Å². The highest BCUT2D eigenvalue weighted by Crippen LogP contribution is 2.49. The highest BCUT2D eigenvalue weighted by molar-refractivity contribution is 7.53. The van der Waals surface area contributed by atoms with Crippen LogP contribution >= 0.6 is 7.60 Å². The van der Waals surface area contributed by atoms with Gasteiger partial charge in [0.05, 0.1) is 19.4 Å². The van der Waals surface area contributed by atoms with Crippen LogP contribution in [0.4, 0.5) is 0 Å². The first-order valence-corrected chi connectivity index (χ1v) is 7.91. The first-order chi connectivity index (χ1) is 8.47. The Morgan fingerprint density at radius 2 is 1.78 bits per heavy atom. The maximum Gasteiger partial charge on any atom is 0.334 e. The fourth-order valence-corrected chi connectivity index (χ4v) is 3.11. The van der Waals surface area contributed by atoms with Crippen LogP contribution < -0.4 is 0 Å². The van der Waals surface area contributed by atoms with Gasteiger partial charge in [0, 0.05) is 6.08 Å². The smallest absolute Gasteiger partial charge is 0.334 e. The number of ether oxygens (including phenoxy) is 1. The molecule has 0 aromatic carbocycles. The van der Waals surface area contributed by atoms with E-state index in [1.165, 1.54) is 0 Å². The van der Waals surface area contributed by atoms with Crippen LogP contribution in [0.5, 0.6) is 0 Å². The predicted molar refractivity (Wildman–Crippen MR) is 70.7 cm³/mol. The fraction of sp³-hybridized carbons (Fsp3) is 0.750. The molecular formula is C12H23O5P. The number of hydrogen-bond acceptors (Lipinski definition) is 5. The molecular weight excluding hydrogens is 255 g/mol. The molecule has 1 unspecified atom stereocenters. The zero-order chi connectivity index (χ0) is 14.0. The number of esters is 1. The first-order valence-electron chi connectivity index (χ1n) is 6.18. The van der Waals surface area contributed by atoms with Crippen LogP contribution in [-0.2, 0) is 23.1 Å². The van der Waals surface area contributed by atoms with Crippen molar-refractivity contribution in [1.29, 1.82) is 0 Å². The van der Waals surface area contributed by atoms with Crippen molar-refractivity contribution < 1.29 is 23.1 Å². The Morgan fingerprint density at radius 3 is 2.17 bits per heavy atom. The Kier molecular flexibility index (Phi) is 8.98. The largest absolute Gasteiger partial charge is 0.459 e. The van der Waals surface area contributed by atoms with E-state index >= 15 is 0 Å². The monoisotopic (exact) mass is 278 g/mol. The summed E-state index contributed by atoms with van der Waals surface area (Å²) in [4.78, 5) is 11.0. The van der Waals surface area contributed by atoms with Gasteiger partial charge in [0.15, 0.2) is 0 Å². The molecule has 0 bridgehead atoms. The Hall–Kier alpha value is -0.640. The normalized spacial score (nSPS) is 13.1. The minimum absolute atomic E-state index is 0.0621. The van der Waals surface area contributed by atoms with Gasteiger partial charge in [-0.1, -0.05) is 20.4 Å². The Labute approximate surface area is 109 Å². The summed E-state index contributed by atoms with van der Waals surface area (Å²) in [6.45, 7) is 9.53. The molecule has 0 saturated heterocycles. The van der Waals surface area contributed by atoms with E-state index < -0.39 is 19.7 Å². The molecule has 6 heteroatoms. The second kappa shape index (κ2) is 9.31. The molecule has 18 heavy (non-hydrogen) atoms. The third kappa shape index (κ3) is 7.64. The van der Waals surface area contributed by atoms with E-state index in [2.05, 4.69) is 6.58 Å². The molecule has 0 aromatic heterocycles. The lowest BCUT2D eigenvalue weighted by Crippen LogP contribution is -2.19. The van der Waals surface area contributed by atoms with Crippen molar-refractivity contribution >= 4 is 13.6 Å². The SMILES string of the molecule is C=CC(=O)OC(C)CP(=O)(OCCC)OCCC. The van der Waals surface area contributed by atoms with Crippen LogP contribution in [0.15, 0.2) is 12.7 Å². The van der Waals surface area contributed by atoms with Gasteiger partial charge in [-0.25, -0.2) is 4.79 Å². The molecule has 0 N–H and O–H groups in total. The van der Waals surface area contributed by atoms with Crippen LogP contribution in [0, 0.1) is 0 Å². The van der Waals surface area contributed by atoms with Crippen molar-refractivity contribution in [3.63, 3.8) is 0 Å². The molecule has 0 fully saturated rings. The second-order valence-electron chi connectivity index (χ2n) is 3.91. The summed E-state index contributed by atoms with van der Waals surface area (Å²) < 4.78 is 27.9. The number of hydrogen-bond donors (Lipinski definition) is 0. The summed E-state index contributed by atoms with van der Waals surface area (Å²) in [5.74, 6) is -0.542. The predicted octanol–water partition coefficient (Wildman–Crippen LogP) is 3.15. The first kappa shape index (κ1) is 17.4. The van der Waals surface area contributed by atoms with Gasteiger partial charge < -0.3 is 13.8 Å². The fourth-order valence-electron chi connectivity index (χ4n) is 1.20. The Morgan fingerprint density at radius 1 is 1.28 bits per heavy atom. The molecule has 5 nitrogen and oxygen atoms in total. The third-order valence-electron chi connectivity index (χ3n) is 1.95. The van der Waals surface area contributed by atoms with Gasteiger partial charge in [-0.05, 0) is 19.8 Å². The Bertz CT molecular complexity index is 291. The van der Waals surface area contributed by atoms with Crippen LogP contribution in [0.2, 0.25) is 0 Å². The van der Waals surface area contributed by atoms with E-state index in [0.29, 0.717) is 13.2 Å². The van der Waals surface area contributed by atoms with Crippen LogP contribution in [0.25, 0.3) is 0 Å². The minimum atomic E-state index is -3.19. The van der Waals surface area contributed by atoms with E-state index in [4.69, 9.17) is 13.8 Å². The second-order valence-corrected chi connectivity index (χ2v) is 6.01. The molecule has 0 aliphatic heterocycles. The number of carbonyl (C=O) groups is 1. The van der Waals surface area contributed by atoms with Gasteiger partial charge in [-0.15, -0.1) is 0 Å². The van der Waals surface area contributed by atoms with Gasteiger partial charge in [-0.2, -0.15) is 0 Å². The van der Waals surface area contributed by atoms with Crippen molar-refractivity contribution in [3.8, 4) is 0 Å². The van der Waals surface area contributed by atoms with Crippen molar-refractivity contribution in [2.45, 2.75) is 39.7 Å². The maximum atomic E-state index is 12.3. The molecule has 0 rings (SSSR count). The Balaban J connectivity index is 4.41. The molecule has 0 aromatic rings. The molecule has 0 spiro atoms. The van der Waals surface area contributed by atoms with Crippen LogP contribution in [0.3, 0.4) is 0 Å². The lowest BCUT2D eigenvalue weighted by atomic mass is 10.5. The molecule has 0 saturated carbocycles. The third-order valence-corrected chi connectivity index (χ3v) is 4.06. The molecule has 0 aliphatic carbocycles. The summed E-state index contributed by atoms with van der Waals surface area (Å²) in [7, 11) is -3.19. The zero-order valence-corrected chi connectivity index (χ0v) is 12.3.